The van der Waals surface area contributed by atoms with E-state index >= 15 is 0 Å². The number of carbonyl (C=O) groups is 1. The smallest absolute Gasteiger partial charge is 0.217 e. The van der Waals surface area contributed by atoms with Crippen LogP contribution in [0.25, 0.3) is 0 Å². The molecule has 0 aromatic rings. The van der Waals surface area contributed by atoms with Crippen LogP contribution in [0.3, 0.4) is 0 Å². The molecule has 2 aliphatic carbocycles. The first kappa shape index (κ1) is 14.3. The van der Waals surface area contributed by atoms with Gasteiger partial charge in [0, 0.05) is 26.1 Å². The maximum absolute atomic E-state index is 12.6. The zero-order valence-electron chi connectivity index (χ0n) is 12.1. The van der Waals surface area contributed by atoms with Crippen molar-refractivity contribution in [3.8, 4) is 0 Å². The standard InChI is InChI=1S/C14H24N2O3S/c1-11(17)15-13-4-7-16(9-13)20(18,19)10-14-5-2-12(8-14)3-6-14/h12-13H,2-10H2,1H3,(H,15,17). The molecule has 1 amide bonds. The van der Waals surface area contributed by atoms with Gasteiger partial charge in [-0.1, -0.05) is 0 Å². The SMILES string of the molecule is CC(=O)NC1CCN(S(=O)(=O)CC23CCC(CC2)C3)C1. The largest absolute Gasteiger partial charge is 0.352 e. The topological polar surface area (TPSA) is 66.5 Å². The van der Waals surface area contributed by atoms with Gasteiger partial charge in [0.25, 0.3) is 0 Å². The van der Waals surface area contributed by atoms with Crippen LogP contribution in [0.4, 0.5) is 0 Å². The summed E-state index contributed by atoms with van der Waals surface area (Å²) < 4.78 is 26.8. The fourth-order valence-corrected chi connectivity index (χ4v) is 6.53. The van der Waals surface area contributed by atoms with Crippen LogP contribution in [0, 0.1) is 11.3 Å². The van der Waals surface area contributed by atoms with Crippen LogP contribution in [0.2, 0.25) is 0 Å². The van der Waals surface area contributed by atoms with E-state index in [1.807, 2.05) is 0 Å². The lowest BCUT2D eigenvalue weighted by Gasteiger charge is -2.28. The normalized spacial score (nSPS) is 37.5. The van der Waals surface area contributed by atoms with Crippen LogP contribution in [-0.2, 0) is 14.8 Å². The summed E-state index contributed by atoms with van der Waals surface area (Å²) in [6, 6.07) is -0.0142. The molecule has 1 unspecified atom stereocenters. The number of hydrogen-bond donors (Lipinski definition) is 1. The summed E-state index contributed by atoms with van der Waals surface area (Å²) >= 11 is 0. The molecule has 0 aromatic heterocycles. The summed E-state index contributed by atoms with van der Waals surface area (Å²) in [5.41, 5.74) is 0.0651. The minimum Gasteiger partial charge on any atom is -0.352 e. The highest BCUT2D eigenvalue weighted by atomic mass is 32.2. The van der Waals surface area contributed by atoms with E-state index in [1.54, 1.807) is 4.31 Å². The molecule has 2 saturated carbocycles. The van der Waals surface area contributed by atoms with Gasteiger partial charge in [-0.05, 0) is 49.9 Å². The molecule has 1 saturated heterocycles. The van der Waals surface area contributed by atoms with Gasteiger partial charge in [-0.15, -0.1) is 0 Å². The average Bonchev–Trinajstić information content (AvgIpc) is 3.02. The summed E-state index contributed by atoms with van der Waals surface area (Å²) in [4.78, 5) is 11.1. The number of sulfonamides is 1. The van der Waals surface area contributed by atoms with E-state index in [-0.39, 0.29) is 17.4 Å². The van der Waals surface area contributed by atoms with Gasteiger partial charge in [0.1, 0.15) is 0 Å². The lowest BCUT2D eigenvalue weighted by Crippen LogP contribution is -2.40. The molecule has 114 valence electrons. The van der Waals surface area contributed by atoms with Gasteiger partial charge in [0.2, 0.25) is 15.9 Å². The second-order valence-electron chi connectivity index (χ2n) is 6.95. The summed E-state index contributed by atoms with van der Waals surface area (Å²) in [5.74, 6) is 1.02. The predicted molar refractivity (Wildman–Crippen MR) is 76.6 cm³/mol. The van der Waals surface area contributed by atoms with Crippen LogP contribution in [0.15, 0.2) is 0 Å². The maximum Gasteiger partial charge on any atom is 0.217 e. The quantitative estimate of drug-likeness (QED) is 0.845. The van der Waals surface area contributed by atoms with Crippen molar-refractivity contribution in [1.82, 2.24) is 9.62 Å². The Bertz CT molecular complexity index is 495. The molecular weight excluding hydrogens is 276 g/mol. The molecule has 0 radical (unpaired) electrons. The first-order valence-electron chi connectivity index (χ1n) is 7.64. The van der Waals surface area contributed by atoms with Crippen LogP contribution in [-0.4, -0.2) is 43.5 Å². The van der Waals surface area contributed by atoms with E-state index < -0.39 is 10.0 Å². The number of fused-ring (bicyclic) bond motifs is 2. The predicted octanol–water partition coefficient (Wildman–Crippen LogP) is 1.11. The zero-order chi connectivity index (χ0) is 14.4. The highest BCUT2D eigenvalue weighted by molar-refractivity contribution is 7.89. The second-order valence-corrected chi connectivity index (χ2v) is 8.92. The lowest BCUT2D eigenvalue weighted by molar-refractivity contribution is -0.119. The Kier molecular flexibility index (Phi) is 3.57. The van der Waals surface area contributed by atoms with E-state index in [0.29, 0.717) is 18.8 Å². The minimum atomic E-state index is -3.17. The van der Waals surface area contributed by atoms with Crippen LogP contribution < -0.4 is 5.32 Å². The van der Waals surface area contributed by atoms with Gasteiger partial charge in [-0.3, -0.25) is 4.79 Å². The molecule has 1 heterocycles. The van der Waals surface area contributed by atoms with Gasteiger partial charge in [0.05, 0.1) is 5.75 Å². The highest BCUT2D eigenvalue weighted by Gasteiger charge is 2.48. The van der Waals surface area contributed by atoms with Crippen LogP contribution in [0.5, 0.6) is 0 Å². The first-order valence-corrected chi connectivity index (χ1v) is 9.24. The molecule has 1 atom stereocenters. The molecule has 3 rings (SSSR count). The number of amides is 1. The Labute approximate surface area is 121 Å². The number of nitrogens with one attached hydrogen (secondary N) is 1. The average molecular weight is 300 g/mol. The van der Waals surface area contributed by atoms with E-state index in [0.717, 1.165) is 31.6 Å². The molecule has 0 spiro atoms. The Morgan fingerprint density at radius 2 is 2.00 bits per heavy atom. The second kappa shape index (κ2) is 4.98. The van der Waals surface area contributed by atoms with Crippen molar-refractivity contribution in [2.24, 2.45) is 11.3 Å². The monoisotopic (exact) mass is 300 g/mol. The van der Waals surface area contributed by atoms with Crippen LogP contribution >= 0.6 is 0 Å². The molecule has 20 heavy (non-hydrogen) atoms. The van der Waals surface area contributed by atoms with Crippen molar-refractivity contribution in [2.45, 2.75) is 51.5 Å². The number of carbonyl (C=O) groups excluding carboxylic acids is 1. The fraction of sp³-hybridized carbons (Fsp3) is 0.929. The molecular formula is C14H24N2O3S. The Morgan fingerprint density at radius 1 is 1.30 bits per heavy atom. The van der Waals surface area contributed by atoms with Gasteiger partial charge < -0.3 is 5.32 Å². The summed E-state index contributed by atoms with van der Waals surface area (Å²) in [5, 5.41) is 2.82. The van der Waals surface area contributed by atoms with Crippen molar-refractivity contribution in [3.05, 3.63) is 0 Å². The zero-order valence-corrected chi connectivity index (χ0v) is 12.9. The Balaban J connectivity index is 1.63. The van der Waals surface area contributed by atoms with E-state index in [4.69, 9.17) is 0 Å². The Morgan fingerprint density at radius 3 is 2.55 bits per heavy atom. The third kappa shape index (κ3) is 2.72. The van der Waals surface area contributed by atoms with Gasteiger partial charge in [-0.25, -0.2) is 8.42 Å². The fourth-order valence-electron chi connectivity index (χ4n) is 4.38. The highest BCUT2D eigenvalue weighted by Crippen LogP contribution is 2.54. The summed E-state index contributed by atoms with van der Waals surface area (Å²) in [6.07, 6.45) is 6.43. The Hall–Kier alpha value is -0.620. The number of rotatable bonds is 4. The van der Waals surface area contributed by atoms with Gasteiger partial charge >= 0.3 is 0 Å². The molecule has 0 aromatic carbocycles. The number of nitrogens with zero attached hydrogens (tertiary/aromatic N) is 1. The molecule has 3 aliphatic rings. The van der Waals surface area contributed by atoms with E-state index in [1.165, 1.54) is 19.8 Å². The van der Waals surface area contributed by atoms with Crippen molar-refractivity contribution in [1.29, 1.82) is 0 Å². The van der Waals surface area contributed by atoms with Gasteiger partial charge in [0.15, 0.2) is 0 Å². The lowest BCUT2D eigenvalue weighted by atomic mass is 9.87. The number of hydrogen-bond acceptors (Lipinski definition) is 3. The summed E-state index contributed by atoms with van der Waals surface area (Å²) in [7, 11) is -3.17. The summed E-state index contributed by atoms with van der Waals surface area (Å²) in [6.45, 7) is 2.47. The molecule has 3 fully saturated rings. The van der Waals surface area contributed by atoms with Crippen molar-refractivity contribution in [2.75, 3.05) is 18.8 Å². The first-order chi connectivity index (χ1) is 9.39. The third-order valence-corrected chi connectivity index (χ3v) is 7.42. The van der Waals surface area contributed by atoms with Gasteiger partial charge in [-0.2, -0.15) is 4.31 Å². The third-order valence-electron chi connectivity index (χ3n) is 5.33. The van der Waals surface area contributed by atoms with Crippen LogP contribution in [0.1, 0.15) is 45.4 Å². The minimum absolute atomic E-state index is 0.0142. The van der Waals surface area contributed by atoms with E-state index in [2.05, 4.69) is 5.32 Å². The van der Waals surface area contributed by atoms with Crippen molar-refractivity contribution in [3.63, 3.8) is 0 Å². The molecule has 1 aliphatic heterocycles. The van der Waals surface area contributed by atoms with E-state index in [9.17, 15) is 13.2 Å². The van der Waals surface area contributed by atoms with Crippen molar-refractivity contribution >= 4 is 15.9 Å². The molecule has 6 heteroatoms. The molecule has 1 N–H and O–H groups in total. The molecule has 5 nitrogen and oxygen atoms in total. The van der Waals surface area contributed by atoms with Crippen molar-refractivity contribution < 1.29 is 13.2 Å². The molecule has 2 bridgehead atoms. The maximum atomic E-state index is 12.6.